The molecule has 1 saturated heterocycles. The number of hydrogen-bond acceptors (Lipinski definition) is 5. The van der Waals surface area contributed by atoms with Gasteiger partial charge in [0, 0.05) is 60.8 Å². The van der Waals surface area contributed by atoms with Gasteiger partial charge in [-0.05, 0) is 43.9 Å². The molecular formula is C22H26N6O. The normalized spacial score (nSPS) is 14.9. The van der Waals surface area contributed by atoms with E-state index in [4.69, 9.17) is 4.98 Å². The van der Waals surface area contributed by atoms with Crippen molar-refractivity contribution in [3.63, 3.8) is 0 Å². The SMILES string of the molecule is CCCc1nccc(-c2cn[nH]c2C2CCN(C(=O)c3ccncc3C)CC2)n1. The first-order valence-corrected chi connectivity index (χ1v) is 10.2. The van der Waals surface area contributed by atoms with Crippen molar-refractivity contribution in [2.75, 3.05) is 13.1 Å². The van der Waals surface area contributed by atoms with Crippen LogP contribution in [0.1, 0.15) is 59.5 Å². The van der Waals surface area contributed by atoms with Gasteiger partial charge in [-0.1, -0.05) is 6.92 Å². The van der Waals surface area contributed by atoms with E-state index in [0.717, 1.165) is 72.7 Å². The van der Waals surface area contributed by atoms with Gasteiger partial charge < -0.3 is 4.90 Å². The first kappa shape index (κ1) is 19.2. The monoisotopic (exact) mass is 390 g/mol. The van der Waals surface area contributed by atoms with E-state index in [1.165, 1.54) is 0 Å². The summed E-state index contributed by atoms with van der Waals surface area (Å²) in [5.41, 5.74) is 4.73. The molecule has 4 rings (SSSR count). The van der Waals surface area contributed by atoms with Gasteiger partial charge in [-0.25, -0.2) is 9.97 Å². The van der Waals surface area contributed by atoms with E-state index in [9.17, 15) is 4.79 Å². The first-order valence-electron chi connectivity index (χ1n) is 10.2. The maximum atomic E-state index is 12.9. The van der Waals surface area contributed by atoms with Crippen molar-refractivity contribution >= 4 is 5.91 Å². The fourth-order valence-corrected chi connectivity index (χ4v) is 3.96. The molecule has 7 nitrogen and oxygen atoms in total. The third-order valence-electron chi connectivity index (χ3n) is 5.56. The Labute approximate surface area is 170 Å². The smallest absolute Gasteiger partial charge is 0.254 e. The van der Waals surface area contributed by atoms with Gasteiger partial charge in [0.1, 0.15) is 5.82 Å². The molecule has 0 saturated carbocycles. The number of likely N-dealkylation sites (tertiary alicyclic amines) is 1. The van der Waals surface area contributed by atoms with Crippen LogP contribution in [0.3, 0.4) is 0 Å². The lowest BCUT2D eigenvalue weighted by molar-refractivity contribution is 0.0711. The summed E-state index contributed by atoms with van der Waals surface area (Å²) in [4.78, 5) is 28.0. The van der Waals surface area contributed by atoms with Crippen LogP contribution in [0.25, 0.3) is 11.3 Å². The van der Waals surface area contributed by atoms with Crippen LogP contribution in [0.4, 0.5) is 0 Å². The molecule has 0 unspecified atom stereocenters. The predicted octanol–water partition coefficient (Wildman–Crippen LogP) is 3.54. The highest BCUT2D eigenvalue weighted by molar-refractivity contribution is 5.95. The van der Waals surface area contributed by atoms with Gasteiger partial charge in [0.25, 0.3) is 5.91 Å². The third kappa shape index (κ3) is 4.04. The maximum absolute atomic E-state index is 12.9. The molecular weight excluding hydrogens is 364 g/mol. The number of nitrogens with zero attached hydrogens (tertiary/aromatic N) is 5. The highest BCUT2D eigenvalue weighted by Crippen LogP contribution is 2.33. The summed E-state index contributed by atoms with van der Waals surface area (Å²) in [6, 6.07) is 3.75. The number of aromatic amines is 1. The summed E-state index contributed by atoms with van der Waals surface area (Å²) in [6.45, 7) is 5.52. The second kappa shape index (κ2) is 8.51. The van der Waals surface area contributed by atoms with E-state index in [1.807, 2.05) is 30.3 Å². The molecule has 29 heavy (non-hydrogen) atoms. The van der Waals surface area contributed by atoms with E-state index in [2.05, 4.69) is 27.1 Å². The molecule has 1 N–H and O–H groups in total. The van der Waals surface area contributed by atoms with Crippen LogP contribution < -0.4 is 0 Å². The van der Waals surface area contributed by atoms with Crippen LogP contribution in [-0.4, -0.2) is 49.0 Å². The Bertz CT molecular complexity index is 990. The van der Waals surface area contributed by atoms with Crippen molar-refractivity contribution in [2.45, 2.75) is 45.4 Å². The Morgan fingerprint density at radius 3 is 2.79 bits per heavy atom. The van der Waals surface area contributed by atoms with Crippen molar-refractivity contribution in [1.29, 1.82) is 0 Å². The topological polar surface area (TPSA) is 87.7 Å². The van der Waals surface area contributed by atoms with Gasteiger partial charge in [0.2, 0.25) is 0 Å². The van der Waals surface area contributed by atoms with Crippen LogP contribution in [-0.2, 0) is 6.42 Å². The molecule has 0 spiro atoms. The predicted molar refractivity (Wildman–Crippen MR) is 110 cm³/mol. The van der Waals surface area contributed by atoms with Gasteiger partial charge in [-0.2, -0.15) is 5.10 Å². The molecule has 0 bridgehead atoms. The van der Waals surface area contributed by atoms with Crippen LogP contribution in [0.2, 0.25) is 0 Å². The number of H-pyrrole nitrogens is 1. The molecule has 1 fully saturated rings. The Morgan fingerprint density at radius 1 is 1.21 bits per heavy atom. The van der Waals surface area contributed by atoms with Crippen LogP contribution in [0.5, 0.6) is 0 Å². The van der Waals surface area contributed by atoms with Crippen LogP contribution >= 0.6 is 0 Å². The molecule has 1 aliphatic rings. The molecule has 3 aromatic heterocycles. The summed E-state index contributed by atoms with van der Waals surface area (Å²) in [5, 5.41) is 7.48. The number of hydrogen-bond donors (Lipinski definition) is 1. The maximum Gasteiger partial charge on any atom is 0.254 e. The summed E-state index contributed by atoms with van der Waals surface area (Å²) in [6.07, 6.45) is 10.8. The number of aromatic nitrogens is 5. The number of carbonyl (C=O) groups excluding carboxylic acids is 1. The van der Waals surface area contributed by atoms with Gasteiger partial charge in [0.15, 0.2) is 0 Å². The first-order chi connectivity index (χ1) is 14.2. The molecule has 1 aliphatic heterocycles. The molecule has 150 valence electrons. The largest absolute Gasteiger partial charge is 0.339 e. The standard InChI is InChI=1S/C22H26N6O/c1-3-4-20-24-10-6-19(26-20)18-14-25-27-21(18)16-7-11-28(12-8-16)22(29)17-5-9-23-13-15(17)2/h5-6,9-10,13-14,16H,3-4,7-8,11-12H2,1-2H3,(H,25,27). The van der Waals surface area contributed by atoms with Crippen molar-refractivity contribution < 1.29 is 4.79 Å². The van der Waals surface area contributed by atoms with Crippen LogP contribution in [0.15, 0.2) is 36.9 Å². The zero-order chi connectivity index (χ0) is 20.2. The molecule has 0 aliphatic carbocycles. The highest BCUT2D eigenvalue weighted by Gasteiger charge is 2.28. The summed E-state index contributed by atoms with van der Waals surface area (Å²) < 4.78 is 0. The fourth-order valence-electron chi connectivity index (χ4n) is 3.96. The van der Waals surface area contributed by atoms with Gasteiger partial charge >= 0.3 is 0 Å². The number of amides is 1. The minimum absolute atomic E-state index is 0.0909. The van der Waals surface area contributed by atoms with Crippen molar-refractivity contribution in [3.05, 3.63) is 59.6 Å². The molecule has 0 atom stereocenters. The fraction of sp³-hybridized carbons (Fsp3) is 0.409. The summed E-state index contributed by atoms with van der Waals surface area (Å²) in [7, 11) is 0. The average molecular weight is 390 g/mol. The Morgan fingerprint density at radius 2 is 2.03 bits per heavy atom. The second-order valence-electron chi connectivity index (χ2n) is 7.56. The second-order valence-corrected chi connectivity index (χ2v) is 7.56. The van der Waals surface area contributed by atoms with Crippen molar-refractivity contribution in [1.82, 2.24) is 30.0 Å². The van der Waals surface area contributed by atoms with E-state index in [0.29, 0.717) is 5.92 Å². The quantitative estimate of drug-likeness (QED) is 0.720. The van der Waals surface area contributed by atoms with E-state index >= 15 is 0 Å². The minimum Gasteiger partial charge on any atom is -0.339 e. The van der Waals surface area contributed by atoms with Gasteiger partial charge in [0.05, 0.1) is 11.9 Å². The summed E-state index contributed by atoms with van der Waals surface area (Å²) in [5.74, 6) is 1.29. The Hall–Kier alpha value is -3.09. The Kier molecular flexibility index (Phi) is 5.64. The third-order valence-corrected chi connectivity index (χ3v) is 5.56. The molecule has 1 amide bonds. The summed E-state index contributed by atoms with van der Waals surface area (Å²) >= 11 is 0. The minimum atomic E-state index is 0.0909. The number of rotatable bonds is 5. The Balaban J connectivity index is 1.48. The molecule has 3 aromatic rings. The zero-order valence-corrected chi connectivity index (χ0v) is 16.9. The van der Waals surface area contributed by atoms with Gasteiger partial charge in [-0.15, -0.1) is 0 Å². The lowest BCUT2D eigenvalue weighted by atomic mass is 9.90. The van der Waals surface area contributed by atoms with E-state index in [-0.39, 0.29) is 5.91 Å². The number of piperidine rings is 1. The van der Waals surface area contributed by atoms with Gasteiger partial charge in [-0.3, -0.25) is 14.9 Å². The lowest BCUT2D eigenvalue weighted by Crippen LogP contribution is -2.38. The van der Waals surface area contributed by atoms with Crippen molar-refractivity contribution in [2.24, 2.45) is 0 Å². The average Bonchev–Trinajstić information content (AvgIpc) is 3.24. The molecule has 0 aromatic carbocycles. The number of nitrogens with one attached hydrogen (secondary N) is 1. The van der Waals surface area contributed by atoms with E-state index in [1.54, 1.807) is 18.5 Å². The highest BCUT2D eigenvalue weighted by atomic mass is 16.2. The van der Waals surface area contributed by atoms with E-state index < -0.39 is 0 Å². The zero-order valence-electron chi connectivity index (χ0n) is 16.9. The number of carbonyl (C=O) groups is 1. The van der Waals surface area contributed by atoms with Crippen molar-refractivity contribution in [3.8, 4) is 11.3 Å². The number of pyridine rings is 1. The number of aryl methyl sites for hydroxylation is 2. The molecule has 4 heterocycles. The molecule has 7 heteroatoms. The lowest BCUT2D eigenvalue weighted by Gasteiger charge is -2.32. The van der Waals surface area contributed by atoms with Crippen LogP contribution in [0, 0.1) is 6.92 Å². The molecule has 0 radical (unpaired) electrons.